The lowest BCUT2D eigenvalue weighted by Gasteiger charge is -2.16. The maximum absolute atomic E-state index is 4.06. The molecule has 4 nitrogen and oxygen atoms in total. The Morgan fingerprint density at radius 2 is 2.33 bits per heavy atom. The van der Waals surface area contributed by atoms with E-state index >= 15 is 0 Å². The maximum atomic E-state index is 4.06. The van der Waals surface area contributed by atoms with Gasteiger partial charge in [-0.3, -0.25) is 4.98 Å². The summed E-state index contributed by atoms with van der Waals surface area (Å²) >= 11 is 0. The van der Waals surface area contributed by atoms with Gasteiger partial charge in [0.05, 0.1) is 0 Å². The first-order valence-corrected chi connectivity index (χ1v) is 4.66. The smallest absolute Gasteiger partial charge is 0.151 e. The molecule has 0 unspecified atom stereocenters. The Bertz CT molecular complexity index is 401. The molecule has 2 heterocycles. The lowest BCUT2D eigenvalue weighted by atomic mass is 10.3. The number of nitrogens with zero attached hydrogens (tertiary/aromatic N) is 4. The van der Waals surface area contributed by atoms with Gasteiger partial charge in [0.1, 0.15) is 6.20 Å². The van der Waals surface area contributed by atoms with Crippen molar-refractivity contribution in [1.29, 1.82) is 0 Å². The second-order valence-corrected chi connectivity index (χ2v) is 3.24. The van der Waals surface area contributed by atoms with E-state index in [0.717, 1.165) is 17.9 Å². The summed E-state index contributed by atoms with van der Waals surface area (Å²) in [5, 5.41) is 7.69. The summed E-state index contributed by atoms with van der Waals surface area (Å²) in [6, 6.07) is 7.59. The molecular weight excluding hydrogens is 188 g/mol. The van der Waals surface area contributed by atoms with E-state index in [9.17, 15) is 0 Å². The SMILES string of the molecule is CN(Cc1cccnc1)c1cc[c]nn1. The summed E-state index contributed by atoms with van der Waals surface area (Å²) in [4.78, 5) is 6.07. The molecule has 4 heteroatoms. The molecule has 1 radical (unpaired) electrons. The summed E-state index contributed by atoms with van der Waals surface area (Å²) in [6.07, 6.45) is 6.26. The predicted molar refractivity (Wildman–Crippen MR) is 57.2 cm³/mol. The van der Waals surface area contributed by atoms with Crippen LogP contribution in [0, 0.1) is 6.20 Å². The molecule has 2 rings (SSSR count). The topological polar surface area (TPSA) is 41.9 Å². The van der Waals surface area contributed by atoms with E-state index in [1.54, 1.807) is 12.3 Å². The number of pyridine rings is 1. The molecule has 0 aliphatic heterocycles. The van der Waals surface area contributed by atoms with E-state index < -0.39 is 0 Å². The van der Waals surface area contributed by atoms with Crippen LogP contribution >= 0.6 is 0 Å². The van der Waals surface area contributed by atoms with Gasteiger partial charge >= 0.3 is 0 Å². The Balaban J connectivity index is 2.08. The fourth-order valence-electron chi connectivity index (χ4n) is 1.31. The quantitative estimate of drug-likeness (QED) is 0.747. The Morgan fingerprint density at radius 3 is 3.00 bits per heavy atom. The summed E-state index contributed by atoms with van der Waals surface area (Å²) in [5.74, 6) is 0.831. The zero-order valence-electron chi connectivity index (χ0n) is 8.46. The predicted octanol–water partition coefficient (Wildman–Crippen LogP) is 1.31. The molecule has 2 aromatic rings. The highest BCUT2D eigenvalue weighted by Crippen LogP contribution is 2.09. The molecule has 0 N–H and O–H groups in total. The molecule has 2 aromatic heterocycles. The van der Waals surface area contributed by atoms with Crippen LogP contribution in [-0.4, -0.2) is 22.2 Å². The molecule has 0 fully saturated rings. The van der Waals surface area contributed by atoms with Crippen LogP contribution in [0.15, 0.2) is 36.7 Å². The van der Waals surface area contributed by atoms with Gasteiger partial charge < -0.3 is 4.90 Å². The monoisotopic (exact) mass is 199 g/mol. The van der Waals surface area contributed by atoms with Crippen molar-refractivity contribution in [3.63, 3.8) is 0 Å². The first kappa shape index (κ1) is 9.58. The molecule has 0 aliphatic carbocycles. The van der Waals surface area contributed by atoms with Gasteiger partial charge in [0.25, 0.3) is 0 Å². The third-order valence-electron chi connectivity index (χ3n) is 2.05. The summed E-state index contributed by atoms with van der Waals surface area (Å²) in [6.45, 7) is 0.770. The van der Waals surface area contributed by atoms with Crippen LogP contribution in [0.1, 0.15) is 5.56 Å². The Morgan fingerprint density at radius 1 is 1.40 bits per heavy atom. The lowest BCUT2D eigenvalue weighted by molar-refractivity contribution is 0.860. The minimum atomic E-state index is 0.770. The van der Waals surface area contributed by atoms with Gasteiger partial charge in [-0.05, 0) is 23.8 Å². The van der Waals surface area contributed by atoms with Crippen LogP contribution in [0.5, 0.6) is 0 Å². The van der Waals surface area contributed by atoms with Crippen molar-refractivity contribution >= 4 is 5.82 Å². The van der Waals surface area contributed by atoms with Crippen LogP contribution < -0.4 is 4.90 Å². The Hall–Kier alpha value is -1.97. The second-order valence-electron chi connectivity index (χ2n) is 3.24. The highest BCUT2D eigenvalue weighted by atomic mass is 15.2. The van der Waals surface area contributed by atoms with E-state index in [1.165, 1.54) is 0 Å². The number of hydrogen-bond acceptors (Lipinski definition) is 4. The van der Waals surface area contributed by atoms with Gasteiger partial charge in [-0.1, -0.05) is 6.07 Å². The summed E-state index contributed by atoms with van der Waals surface area (Å²) in [7, 11) is 1.97. The number of aromatic nitrogens is 3. The zero-order valence-corrected chi connectivity index (χ0v) is 8.46. The zero-order chi connectivity index (χ0) is 10.5. The van der Waals surface area contributed by atoms with E-state index in [2.05, 4.69) is 21.4 Å². The van der Waals surface area contributed by atoms with Crippen LogP contribution in [0.3, 0.4) is 0 Å². The van der Waals surface area contributed by atoms with E-state index in [1.807, 2.05) is 36.3 Å². The lowest BCUT2D eigenvalue weighted by Crippen LogP contribution is -2.17. The van der Waals surface area contributed by atoms with Gasteiger partial charge in [-0.2, -0.15) is 0 Å². The first-order valence-electron chi connectivity index (χ1n) is 4.66. The number of hydrogen-bond donors (Lipinski definition) is 0. The van der Waals surface area contributed by atoms with Crippen molar-refractivity contribution in [2.45, 2.75) is 6.54 Å². The van der Waals surface area contributed by atoms with Gasteiger partial charge in [0, 0.05) is 26.0 Å². The molecule has 0 aliphatic rings. The van der Waals surface area contributed by atoms with Crippen molar-refractivity contribution in [3.05, 3.63) is 48.4 Å². The number of rotatable bonds is 3. The van der Waals surface area contributed by atoms with Gasteiger partial charge in [-0.15, -0.1) is 10.2 Å². The minimum Gasteiger partial charge on any atom is -0.354 e. The third kappa shape index (κ3) is 2.49. The Labute approximate surface area is 88.6 Å². The molecule has 0 amide bonds. The average Bonchev–Trinajstić information content (AvgIpc) is 2.31. The molecule has 0 atom stereocenters. The van der Waals surface area contributed by atoms with Gasteiger partial charge in [0.15, 0.2) is 5.82 Å². The molecule has 0 spiro atoms. The molecule has 0 aromatic carbocycles. The first-order chi connectivity index (χ1) is 7.36. The Kier molecular flexibility index (Phi) is 2.88. The van der Waals surface area contributed by atoms with E-state index in [0.29, 0.717) is 0 Å². The van der Waals surface area contributed by atoms with Crippen molar-refractivity contribution in [3.8, 4) is 0 Å². The van der Waals surface area contributed by atoms with Gasteiger partial charge in [0.2, 0.25) is 0 Å². The molecule has 0 saturated heterocycles. The van der Waals surface area contributed by atoms with Crippen LogP contribution in [0.4, 0.5) is 5.82 Å². The van der Waals surface area contributed by atoms with Crippen LogP contribution in [0.2, 0.25) is 0 Å². The standard InChI is InChI=1S/C11H11N4/c1-15(11-5-3-7-13-14-11)9-10-4-2-6-12-8-10/h2-6,8H,9H2,1H3. The largest absolute Gasteiger partial charge is 0.354 e. The van der Waals surface area contributed by atoms with Crippen molar-refractivity contribution in [2.24, 2.45) is 0 Å². The molecular formula is C11H11N4. The van der Waals surface area contributed by atoms with E-state index in [-0.39, 0.29) is 0 Å². The van der Waals surface area contributed by atoms with Crippen molar-refractivity contribution < 1.29 is 0 Å². The minimum absolute atomic E-state index is 0.770. The molecule has 0 bridgehead atoms. The van der Waals surface area contributed by atoms with Gasteiger partial charge in [-0.25, -0.2) is 0 Å². The highest BCUT2D eigenvalue weighted by Gasteiger charge is 2.02. The van der Waals surface area contributed by atoms with Crippen molar-refractivity contribution in [1.82, 2.24) is 15.2 Å². The van der Waals surface area contributed by atoms with E-state index in [4.69, 9.17) is 0 Å². The fourth-order valence-corrected chi connectivity index (χ4v) is 1.31. The molecule has 75 valence electrons. The maximum Gasteiger partial charge on any atom is 0.151 e. The third-order valence-corrected chi connectivity index (χ3v) is 2.05. The highest BCUT2D eigenvalue weighted by molar-refractivity contribution is 5.35. The molecule has 15 heavy (non-hydrogen) atoms. The summed E-state index contributed by atoms with van der Waals surface area (Å²) in [5.41, 5.74) is 1.15. The van der Waals surface area contributed by atoms with Crippen LogP contribution in [0.25, 0.3) is 0 Å². The van der Waals surface area contributed by atoms with Crippen LogP contribution in [-0.2, 0) is 6.54 Å². The second kappa shape index (κ2) is 4.50. The fraction of sp³-hybridized carbons (Fsp3) is 0.182. The van der Waals surface area contributed by atoms with Crippen molar-refractivity contribution in [2.75, 3.05) is 11.9 Å². The average molecular weight is 199 g/mol. The molecule has 0 saturated carbocycles. The summed E-state index contributed by atoms with van der Waals surface area (Å²) < 4.78 is 0. The normalized spacial score (nSPS) is 9.93. The number of anilines is 1.